The third kappa shape index (κ3) is 3.82. The van der Waals surface area contributed by atoms with E-state index in [9.17, 15) is 10.0 Å². The zero-order chi connectivity index (χ0) is 16.3. The minimum Gasteiger partial charge on any atom is -0.442 e. The van der Waals surface area contributed by atoms with E-state index in [-0.39, 0.29) is 6.54 Å². The molecule has 9 nitrogen and oxygen atoms in total. The van der Waals surface area contributed by atoms with E-state index in [1.165, 1.54) is 6.33 Å². The van der Waals surface area contributed by atoms with Crippen molar-refractivity contribution in [1.82, 2.24) is 24.6 Å². The van der Waals surface area contributed by atoms with E-state index in [1.807, 2.05) is 0 Å². The van der Waals surface area contributed by atoms with Gasteiger partial charge in [-0.3, -0.25) is 5.21 Å². The van der Waals surface area contributed by atoms with Crippen LogP contribution in [0, 0.1) is 0 Å². The first-order valence-electron chi connectivity index (χ1n) is 6.88. The third-order valence-corrected chi connectivity index (χ3v) is 2.80. The van der Waals surface area contributed by atoms with Gasteiger partial charge in [0.25, 0.3) is 0 Å². The van der Waals surface area contributed by atoms with E-state index in [0.29, 0.717) is 35.0 Å². The summed E-state index contributed by atoms with van der Waals surface area (Å²) >= 11 is 0. The summed E-state index contributed by atoms with van der Waals surface area (Å²) < 4.78 is 6.84. The van der Waals surface area contributed by atoms with Crippen LogP contribution < -0.4 is 5.73 Å². The summed E-state index contributed by atoms with van der Waals surface area (Å²) in [6.07, 6.45) is 2.71. The van der Waals surface area contributed by atoms with Crippen molar-refractivity contribution in [1.29, 1.82) is 0 Å². The van der Waals surface area contributed by atoms with Crippen molar-refractivity contribution in [2.24, 2.45) is 0 Å². The van der Waals surface area contributed by atoms with Gasteiger partial charge in [-0.05, 0) is 27.2 Å². The first-order chi connectivity index (χ1) is 10.3. The van der Waals surface area contributed by atoms with Crippen LogP contribution in [0.25, 0.3) is 11.2 Å². The monoisotopic (exact) mass is 308 g/mol. The largest absolute Gasteiger partial charge is 0.442 e. The average Bonchev–Trinajstić information content (AvgIpc) is 2.81. The Hall–Kier alpha value is -2.42. The highest BCUT2D eigenvalue weighted by Crippen LogP contribution is 2.14. The lowest BCUT2D eigenvalue weighted by Crippen LogP contribution is -2.35. The Labute approximate surface area is 127 Å². The zero-order valence-electron chi connectivity index (χ0n) is 12.9. The summed E-state index contributed by atoms with van der Waals surface area (Å²) in [7, 11) is 0. The number of imidazole rings is 1. The van der Waals surface area contributed by atoms with Gasteiger partial charge in [-0.2, -0.15) is 5.06 Å². The van der Waals surface area contributed by atoms with E-state index in [2.05, 4.69) is 15.0 Å². The fraction of sp³-hybridized carbons (Fsp3) is 0.538. The van der Waals surface area contributed by atoms with E-state index in [0.717, 1.165) is 0 Å². The van der Waals surface area contributed by atoms with Gasteiger partial charge in [0.05, 0.1) is 12.9 Å². The third-order valence-electron chi connectivity index (χ3n) is 2.80. The molecule has 9 heteroatoms. The van der Waals surface area contributed by atoms with E-state index in [4.69, 9.17) is 10.5 Å². The van der Waals surface area contributed by atoms with Crippen LogP contribution in [0.15, 0.2) is 12.7 Å². The Morgan fingerprint density at radius 2 is 2.14 bits per heavy atom. The van der Waals surface area contributed by atoms with Crippen LogP contribution in [0.4, 0.5) is 10.6 Å². The summed E-state index contributed by atoms with van der Waals surface area (Å²) in [6.45, 7) is 5.86. The first kappa shape index (κ1) is 16.0. The summed E-state index contributed by atoms with van der Waals surface area (Å²) in [5, 5.41) is 10.2. The van der Waals surface area contributed by atoms with Crippen LogP contribution in [0.5, 0.6) is 0 Å². The number of aryl methyl sites for hydroxylation is 1. The number of carbonyl (C=O) groups is 1. The highest BCUT2D eigenvalue weighted by Gasteiger charge is 2.20. The van der Waals surface area contributed by atoms with Crippen LogP contribution in [-0.4, -0.2) is 48.0 Å². The normalized spacial score (nSPS) is 11.6. The van der Waals surface area contributed by atoms with E-state index >= 15 is 0 Å². The molecular weight excluding hydrogens is 288 g/mol. The van der Waals surface area contributed by atoms with Crippen LogP contribution in [0.1, 0.15) is 27.2 Å². The number of fused-ring (bicyclic) bond motifs is 1. The number of hydrogen-bond acceptors (Lipinski definition) is 7. The maximum Gasteiger partial charge on any atom is 0.434 e. The summed E-state index contributed by atoms with van der Waals surface area (Å²) in [5.41, 5.74) is 6.22. The number of hydroxylamine groups is 2. The quantitative estimate of drug-likeness (QED) is 0.647. The number of anilines is 1. The topological polar surface area (TPSA) is 119 Å². The fourth-order valence-electron chi connectivity index (χ4n) is 1.86. The standard InChI is InChI=1S/C13H20N6O3/c1-13(2,3)22-12(20)19(21)6-4-5-18-8-17-9-10(14)15-7-16-11(9)18/h7-8,21H,4-6H2,1-3H3,(H2,14,15,16). The Balaban J connectivity index is 1.90. The number of carbonyl (C=O) groups excluding carboxylic acids is 1. The molecule has 120 valence electrons. The van der Waals surface area contributed by atoms with Crippen molar-refractivity contribution in [2.45, 2.75) is 39.3 Å². The molecule has 1 amide bonds. The molecule has 22 heavy (non-hydrogen) atoms. The SMILES string of the molecule is CC(C)(C)OC(=O)N(O)CCCn1cnc2c(N)ncnc21. The molecule has 0 aliphatic carbocycles. The molecule has 0 unspecified atom stereocenters. The number of nitrogen functional groups attached to an aromatic ring is 1. The van der Waals surface area contributed by atoms with Gasteiger partial charge in [0.2, 0.25) is 0 Å². The molecule has 0 aromatic carbocycles. The van der Waals surface area contributed by atoms with E-state index in [1.54, 1.807) is 31.7 Å². The summed E-state index contributed by atoms with van der Waals surface area (Å²) in [5.74, 6) is 0.321. The smallest absolute Gasteiger partial charge is 0.434 e. The van der Waals surface area contributed by atoms with Crippen molar-refractivity contribution in [3.63, 3.8) is 0 Å². The second-order valence-corrected chi connectivity index (χ2v) is 5.83. The maximum absolute atomic E-state index is 11.6. The van der Waals surface area contributed by atoms with Crippen LogP contribution in [0.2, 0.25) is 0 Å². The second kappa shape index (κ2) is 6.14. The Morgan fingerprint density at radius 3 is 2.82 bits per heavy atom. The molecule has 3 N–H and O–H groups in total. The molecule has 0 spiro atoms. The number of hydrogen-bond donors (Lipinski definition) is 2. The van der Waals surface area contributed by atoms with Gasteiger partial charge in [0.1, 0.15) is 17.4 Å². The molecule has 2 rings (SSSR count). The minimum atomic E-state index is -0.769. The highest BCUT2D eigenvalue weighted by molar-refractivity contribution is 5.81. The number of aromatic nitrogens is 4. The minimum absolute atomic E-state index is 0.134. The molecule has 0 radical (unpaired) electrons. The van der Waals surface area contributed by atoms with Crippen molar-refractivity contribution in [3.05, 3.63) is 12.7 Å². The molecule has 2 aromatic heterocycles. The van der Waals surface area contributed by atoms with Gasteiger partial charge in [-0.1, -0.05) is 0 Å². The molecular formula is C13H20N6O3. The van der Waals surface area contributed by atoms with Crippen molar-refractivity contribution < 1.29 is 14.7 Å². The maximum atomic E-state index is 11.6. The summed E-state index contributed by atoms with van der Waals surface area (Å²) in [6, 6.07) is 0. The van der Waals surface area contributed by atoms with Gasteiger partial charge in [0.15, 0.2) is 11.5 Å². The lowest BCUT2D eigenvalue weighted by molar-refractivity contribution is -0.0945. The fourth-order valence-corrected chi connectivity index (χ4v) is 1.86. The Kier molecular flexibility index (Phi) is 4.45. The predicted octanol–water partition coefficient (Wildman–Crippen LogP) is 1.42. The molecule has 2 aromatic rings. The number of ether oxygens (including phenoxy) is 1. The number of nitrogens with zero attached hydrogens (tertiary/aromatic N) is 5. The van der Waals surface area contributed by atoms with Crippen molar-refractivity contribution in [2.75, 3.05) is 12.3 Å². The van der Waals surface area contributed by atoms with Crippen LogP contribution in [-0.2, 0) is 11.3 Å². The molecule has 0 saturated heterocycles. The molecule has 0 atom stereocenters. The molecule has 0 saturated carbocycles. The summed E-state index contributed by atoms with van der Waals surface area (Å²) in [4.78, 5) is 23.7. The zero-order valence-corrected chi connectivity index (χ0v) is 12.9. The lowest BCUT2D eigenvalue weighted by atomic mass is 10.2. The highest BCUT2D eigenvalue weighted by atomic mass is 16.6. The molecule has 0 bridgehead atoms. The molecule has 0 fully saturated rings. The van der Waals surface area contributed by atoms with Gasteiger partial charge in [-0.15, -0.1) is 0 Å². The van der Waals surface area contributed by atoms with Gasteiger partial charge in [-0.25, -0.2) is 19.7 Å². The number of nitrogens with two attached hydrogens (primary N) is 1. The predicted molar refractivity (Wildman–Crippen MR) is 79.1 cm³/mol. The van der Waals surface area contributed by atoms with Crippen LogP contribution in [0.3, 0.4) is 0 Å². The van der Waals surface area contributed by atoms with Gasteiger partial charge >= 0.3 is 6.09 Å². The van der Waals surface area contributed by atoms with Gasteiger partial charge < -0.3 is 15.0 Å². The van der Waals surface area contributed by atoms with Crippen LogP contribution >= 0.6 is 0 Å². The first-order valence-corrected chi connectivity index (χ1v) is 6.88. The van der Waals surface area contributed by atoms with E-state index < -0.39 is 11.7 Å². The lowest BCUT2D eigenvalue weighted by Gasteiger charge is -2.23. The molecule has 0 aliphatic heterocycles. The van der Waals surface area contributed by atoms with Crippen molar-refractivity contribution >= 4 is 23.1 Å². The van der Waals surface area contributed by atoms with Gasteiger partial charge in [0, 0.05) is 6.54 Å². The Morgan fingerprint density at radius 1 is 1.41 bits per heavy atom. The average molecular weight is 308 g/mol. The molecule has 0 aliphatic rings. The van der Waals surface area contributed by atoms with Crippen molar-refractivity contribution in [3.8, 4) is 0 Å². The molecule has 2 heterocycles. The number of rotatable bonds is 4. The Bertz CT molecular complexity index is 663. The number of amides is 1. The second-order valence-electron chi connectivity index (χ2n) is 5.83.